The zero-order chi connectivity index (χ0) is 12.3. The number of aliphatic imine (C=N–C) groups is 1. The normalized spacial score (nSPS) is 19.9. The highest BCUT2D eigenvalue weighted by molar-refractivity contribution is 6.06. The van der Waals surface area contributed by atoms with Crippen LogP contribution in [0.2, 0.25) is 0 Å². The Bertz CT molecular complexity index is 432. The quantitative estimate of drug-likeness (QED) is 0.701. The Balaban J connectivity index is 2.36. The number of amides is 2. The van der Waals surface area contributed by atoms with Gasteiger partial charge in [0, 0.05) is 12.1 Å². The van der Waals surface area contributed by atoms with Crippen molar-refractivity contribution in [3.8, 4) is 0 Å². The third-order valence-corrected chi connectivity index (χ3v) is 2.29. The van der Waals surface area contributed by atoms with E-state index >= 15 is 0 Å². The molecule has 17 heavy (non-hydrogen) atoms. The Morgan fingerprint density at radius 2 is 2.18 bits per heavy atom. The number of benzene rings is 1. The molecule has 6 nitrogen and oxygen atoms in total. The molecule has 3 N–H and O–H groups in total. The first kappa shape index (κ1) is 11.6. The molecule has 6 heteroatoms. The largest absolute Gasteiger partial charge is 0.355 e. The van der Waals surface area contributed by atoms with Gasteiger partial charge in [0.25, 0.3) is 0 Å². The SMILES string of the molecule is CCNN1C(c2ccccc2)=NC(=O)NC1O. The third-order valence-electron chi connectivity index (χ3n) is 2.29. The van der Waals surface area contributed by atoms with E-state index in [0.29, 0.717) is 12.4 Å². The topological polar surface area (TPSA) is 77.0 Å². The van der Waals surface area contributed by atoms with Crippen LogP contribution in [-0.2, 0) is 0 Å². The molecule has 90 valence electrons. The van der Waals surface area contributed by atoms with Gasteiger partial charge in [-0.3, -0.25) is 5.32 Å². The van der Waals surface area contributed by atoms with Crippen LogP contribution < -0.4 is 10.7 Å². The summed E-state index contributed by atoms with van der Waals surface area (Å²) in [6, 6.07) is 8.68. The zero-order valence-corrected chi connectivity index (χ0v) is 9.42. The molecule has 1 aromatic rings. The van der Waals surface area contributed by atoms with E-state index in [2.05, 4.69) is 15.7 Å². The molecule has 0 aliphatic carbocycles. The second-order valence-electron chi connectivity index (χ2n) is 3.51. The summed E-state index contributed by atoms with van der Waals surface area (Å²) in [5, 5.41) is 13.5. The summed E-state index contributed by atoms with van der Waals surface area (Å²) in [5.41, 5.74) is 3.71. The monoisotopic (exact) mass is 234 g/mol. The molecular weight excluding hydrogens is 220 g/mol. The molecule has 2 amide bonds. The van der Waals surface area contributed by atoms with Gasteiger partial charge < -0.3 is 5.11 Å². The molecule has 0 bridgehead atoms. The fourth-order valence-corrected chi connectivity index (χ4v) is 1.60. The predicted octanol–water partition coefficient (Wildman–Crippen LogP) is 0.259. The molecule has 0 saturated heterocycles. The van der Waals surface area contributed by atoms with E-state index < -0.39 is 12.4 Å². The van der Waals surface area contributed by atoms with Gasteiger partial charge in [0.05, 0.1) is 0 Å². The molecule has 0 fully saturated rings. The third kappa shape index (κ3) is 2.43. The Hall–Kier alpha value is -1.92. The van der Waals surface area contributed by atoms with Gasteiger partial charge in [-0.05, 0) is 0 Å². The van der Waals surface area contributed by atoms with Crippen LogP contribution in [-0.4, -0.2) is 34.9 Å². The van der Waals surface area contributed by atoms with E-state index in [-0.39, 0.29) is 0 Å². The van der Waals surface area contributed by atoms with Crippen molar-refractivity contribution in [2.45, 2.75) is 13.3 Å². The summed E-state index contributed by atoms with van der Waals surface area (Å²) in [4.78, 5) is 15.2. The number of aliphatic hydroxyl groups excluding tert-OH is 1. The smallest absolute Gasteiger partial charge is 0.346 e. The van der Waals surface area contributed by atoms with Crippen LogP contribution in [0.15, 0.2) is 35.3 Å². The molecule has 0 saturated carbocycles. The minimum atomic E-state index is -1.12. The lowest BCUT2D eigenvalue weighted by molar-refractivity contribution is 0.00175. The average Bonchev–Trinajstić information content (AvgIpc) is 2.33. The van der Waals surface area contributed by atoms with E-state index in [1.807, 2.05) is 37.3 Å². The average molecular weight is 234 g/mol. The molecule has 1 aliphatic rings. The highest BCUT2D eigenvalue weighted by atomic mass is 16.3. The molecule has 2 rings (SSSR count). The maximum atomic E-state index is 11.3. The zero-order valence-electron chi connectivity index (χ0n) is 9.42. The Morgan fingerprint density at radius 1 is 1.47 bits per heavy atom. The van der Waals surface area contributed by atoms with Crippen LogP contribution in [0.1, 0.15) is 12.5 Å². The van der Waals surface area contributed by atoms with Crippen LogP contribution in [0.25, 0.3) is 0 Å². The molecule has 1 atom stereocenters. The number of hydrogen-bond acceptors (Lipinski definition) is 4. The second-order valence-corrected chi connectivity index (χ2v) is 3.51. The van der Waals surface area contributed by atoms with Crippen LogP contribution >= 0.6 is 0 Å². The number of urea groups is 1. The van der Waals surface area contributed by atoms with Crippen molar-refractivity contribution in [3.05, 3.63) is 35.9 Å². The lowest BCUT2D eigenvalue weighted by atomic mass is 10.2. The van der Waals surface area contributed by atoms with Gasteiger partial charge in [-0.15, -0.1) is 0 Å². The van der Waals surface area contributed by atoms with Crippen molar-refractivity contribution in [2.75, 3.05) is 6.54 Å². The van der Waals surface area contributed by atoms with E-state index in [4.69, 9.17) is 0 Å². The lowest BCUT2D eigenvalue weighted by Crippen LogP contribution is -2.59. The van der Waals surface area contributed by atoms with Crippen molar-refractivity contribution in [2.24, 2.45) is 4.99 Å². The Morgan fingerprint density at radius 3 is 2.82 bits per heavy atom. The minimum Gasteiger partial charge on any atom is -0.355 e. The maximum Gasteiger partial charge on any atom is 0.346 e. The molecule has 1 aromatic carbocycles. The molecular formula is C11H14N4O2. The van der Waals surface area contributed by atoms with Crippen LogP contribution in [0.4, 0.5) is 4.79 Å². The lowest BCUT2D eigenvalue weighted by Gasteiger charge is -2.33. The first-order valence-electron chi connectivity index (χ1n) is 5.37. The van der Waals surface area contributed by atoms with Crippen molar-refractivity contribution >= 4 is 11.9 Å². The van der Waals surface area contributed by atoms with E-state index in [1.54, 1.807) is 0 Å². The van der Waals surface area contributed by atoms with Gasteiger partial charge in [0.2, 0.25) is 6.35 Å². The van der Waals surface area contributed by atoms with Crippen LogP contribution in [0, 0.1) is 0 Å². The molecule has 1 unspecified atom stereocenters. The number of hydrogen-bond donors (Lipinski definition) is 3. The summed E-state index contributed by atoms with van der Waals surface area (Å²) >= 11 is 0. The second kappa shape index (κ2) is 4.94. The standard InChI is InChI=1S/C11H14N4O2/c1-2-12-15-9(8-6-4-3-5-7-8)13-10(16)14-11(15)17/h3-7,11-12,17H,2H2,1H3,(H,14,16). The summed E-state index contributed by atoms with van der Waals surface area (Å²) in [7, 11) is 0. The number of carbonyl (C=O) groups is 1. The number of carbonyl (C=O) groups excluding carboxylic acids is 1. The van der Waals surface area contributed by atoms with Crippen LogP contribution in [0.3, 0.4) is 0 Å². The molecule has 0 radical (unpaired) electrons. The van der Waals surface area contributed by atoms with Gasteiger partial charge in [0.15, 0.2) is 5.84 Å². The van der Waals surface area contributed by atoms with Crippen molar-refractivity contribution < 1.29 is 9.90 Å². The van der Waals surface area contributed by atoms with Crippen LogP contribution in [0.5, 0.6) is 0 Å². The van der Waals surface area contributed by atoms with Gasteiger partial charge in [-0.1, -0.05) is 37.3 Å². The summed E-state index contributed by atoms with van der Waals surface area (Å²) in [6.07, 6.45) is -1.12. The van der Waals surface area contributed by atoms with E-state index in [0.717, 1.165) is 5.56 Å². The maximum absolute atomic E-state index is 11.3. The van der Waals surface area contributed by atoms with Crippen molar-refractivity contribution in [3.63, 3.8) is 0 Å². The number of rotatable bonds is 3. The number of nitrogens with zero attached hydrogens (tertiary/aromatic N) is 2. The Labute approximate surface area is 98.9 Å². The Kier molecular flexibility index (Phi) is 3.36. The first-order valence-corrected chi connectivity index (χ1v) is 5.37. The van der Waals surface area contributed by atoms with Gasteiger partial charge in [-0.2, -0.15) is 4.99 Å². The summed E-state index contributed by atoms with van der Waals surface area (Å²) in [5.74, 6) is 0.406. The van der Waals surface area contributed by atoms with Crippen molar-refractivity contribution in [1.29, 1.82) is 0 Å². The van der Waals surface area contributed by atoms with Gasteiger partial charge in [-0.25, -0.2) is 15.2 Å². The fourth-order valence-electron chi connectivity index (χ4n) is 1.60. The fraction of sp³-hybridized carbons (Fsp3) is 0.273. The highest BCUT2D eigenvalue weighted by Crippen LogP contribution is 2.09. The minimum absolute atomic E-state index is 0.406. The summed E-state index contributed by atoms with van der Waals surface area (Å²) in [6.45, 7) is 2.50. The molecule has 1 aliphatic heterocycles. The van der Waals surface area contributed by atoms with Gasteiger partial charge in [0.1, 0.15) is 0 Å². The van der Waals surface area contributed by atoms with Crippen molar-refractivity contribution in [1.82, 2.24) is 15.8 Å². The summed E-state index contributed by atoms with van der Waals surface area (Å²) < 4.78 is 0. The van der Waals surface area contributed by atoms with E-state index in [1.165, 1.54) is 5.01 Å². The number of nitrogens with one attached hydrogen (secondary N) is 2. The molecule has 0 aromatic heterocycles. The molecule has 0 spiro atoms. The van der Waals surface area contributed by atoms with Gasteiger partial charge >= 0.3 is 6.03 Å². The predicted molar refractivity (Wildman–Crippen MR) is 63.0 cm³/mol. The van der Waals surface area contributed by atoms with E-state index in [9.17, 15) is 9.90 Å². The highest BCUT2D eigenvalue weighted by Gasteiger charge is 2.27. The number of hydrazine groups is 1. The number of aliphatic hydroxyl groups is 1. The molecule has 1 heterocycles. The first-order chi connectivity index (χ1) is 8.22. The number of amidine groups is 1.